The Hall–Kier alpha value is -1.26. The van der Waals surface area contributed by atoms with Crippen molar-refractivity contribution in [1.82, 2.24) is 5.32 Å². The molecule has 1 rings (SSSR count). The lowest BCUT2D eigenvalue weighted by molar-refractivity contribution is -0.137. The van der Waals surface area contributed by atoms with Gasteiger partial charge in [0.15, 0.2) is 0 Å². The molecule has 0 saturated carbocycles. The summed E-state index contributed by atoms with van der Waals surface area (Å²) < 4.78 is 0. The molecule has 122 valence electrons. The molecule has 4 nitrogen and oxygen atoms in total. The van der Waals surface area contributed by atoms with E-state index in [0.29, 0.717) is 10.7 Å². The minimum atomic E-state index is -0.758. The Balaban J connectivity index is 2.71. The largest absolute Gasteiger partial charge is 0.343 e. The van der Waals surface area contributed by atoms with Gasteiger partial charge in [-0.05, 0) is 43.9 Å². The van der Waals surface area contributed by atoms with Crippen LogP contribution in [-0.2, 0) is 9.59 Å². The van der Waals surface area contributed by atoms with E-state index in [-0.39, 0.29) is 10.4 Å². The summed E-state index contributed by atoms with van der Waals surface area (Å²) in [4.78, 5) is 24.0. The third-order valence-electron chi connectivity index (χ3n) is 2.81. The van der Waals surface area contributed by atoms with Crippen molar-refractivity contribution in [3.8, 4) is 0 Å². The fourth-order valence-corrected chi connectivity index (χ4v) is 2.96. The van der Waals surface area contributed by atoms with E-state index in [9.17, 15) is 9.59 Å². The van der Waals surface area contributed by atoms with Gasteiger partial charge in [-0.15, -0.1) is 0 Å². The molecular formula is C16H22Cl2N2O2. The zero-order valence-electron chi connectivity index (χ0n) is 13.5. The Morgan fingerprint density at radius 2 is 1.64 bits per heavy atom. The normalized spacial score (nSPS) is 12.0. The number of anilines is 1. The molecule has 0 saturated heterocycles. The molecule has 0 unspecified atom stereocenters. The van der Waals surface area contributed by atoms with E-state index in [4.69, 9.17) is 23.2 Å². The zero-order valence-corrected chi connectivity index (χ0v) is 15.0. The van der Waals surface area contributed by atoms with Crippen LogP contribution in [0.2, 0.25) is 10.0 Å². The van der Waals surface area contributed by atoms with Crippen LogP contribution in [0.25, 0.3) is 0 Å². The summed E-state index contributed by atoms with van der Waals surface area (Å²) in [6.45, 7) is 10.0. The molecule has 0 aromatic heterocycles. The first kappa shape index (κ1) is 18.8. The molecule has 0 fully saturated rings. The number of carbonyl (C=O) groups is 2. The van der Waals surface area contributed by atoms with E-state index in [1.165, 1.54) is 6.07 Å². The molecule has 0 aliphatic heterocycles. The Bertz CT molecular complexity index is 578. The first-order valence-electron chi connectivity index (χ1n) is 6.98. The second kappa shape index (κ2) is 6.88. The van der Waals surface area contributed by atoms with Crippen LogP contribution in [0.5, 0.6) is 0 Å². The second-order valence-corrected chi connectivity index (χ2v) is 8.00. The van der Waals surface area contributed by atoms with Crippen LogP contribution in [0.4, 0.5) is 5.69 Å². The van der Waals surface area contributed by atoms with E-state index in [1.807, 2.05) is 13.8 Å². The molecule has 1 aromatic carbocycles. The van der Waals surface area contributed by atoms with Gasteiger partial charge in [-0.2, -0.15) is 0 Å². The van der Waals surface area contributed by atoms with Gasteiger partial charge in [-0.3, -0.25) is 9.59 Å². The van der Waals surface area contributed by atoms with Crippen LogP contribution >= 0.6 is 23.2 Å². The lowest BCUT2D eigenvalue weighted by Crippen LogP contribution is -2.49. The Morgan fingerprint density at radius 1 is 1.05 bits per heavy atom. The molecule has 0 radical (unpaired) electrons. The summed E-state index contributed by atoms with van der Waals surface area (Å²) in [6.07, 6.45) is 0.737. The molecule has 0 spiro atoms. The van der Waals surface area contributed by atoms with E-state index in [2.05, 4.69) is 31.4 Å². The molecule has 6 heteroatoms. The minimum absolute atomic E-state index is 0.0345. The predicted octanol–water partition coefficient (Wildman–Crippen LogP) is 4.26. The van der Waals surface area contributed by atoms with Crippen molar-refractivity contribution in [2.75, 3.05) is 5.32 Å². The number of halogens is 2. The van der Waals surface area contributed by atoms with Crippen molar-refractivity contribution in [3.63, 3.8) is 0 Å². The minimum Gasteiger partial charge on any atom is -0.343 e. The van der Waals surface area contributed by atoms with Crippen LogP contribution < -0.4 is 10.6 Å². The van der Waals surface area contributed by atoms with Crippen LogP contribution in [0.15, 0.2) is 18.2 Å². The van der Waals surface area contributed by atoms with Gasteiger partial charge in [0, 0.05) is 10.6 Å². The maximum absolute atomic E-state index is 12.0. The van der Waals surface area contributed by atoms with Crippen molar-refractivity contribution in [1.29, 1.82) is 0 Å². The van der Waals surface area contributed by atoms with E-state index < -0.39 is 17.4 Å². The Morgan fingerprint density at radius 3 is 2.14 bits per heavy atom. The second-order valence-electron chi connectivity index (χ2n) is 7.15. The van der Waals surface area contributed by atoms with Gasteiger partial charge >= 0.3 is 11.8 Å². The fraction of sp³-hybridized carbons (Fsp3) is 0.500. The highest BCUT2D eigenvalue weighted by Gasteiger charge is 2.29. The molecule has 2 N–H and O–H groups in total. The van der Waals surface area contributed by atoms with Crippen molar-refractivity contribution in [2.45, 2.75) is 46.6 Å². The highest BCUT2D eigenvalue weighted by molar-refractivity contribution is 6.42. The van der Waals surface area contributed by atoms with Gasteiger partial charge in [0.2, 0.25) is 0 Å². The Labute approximate surface area is 141 Å². The van der Waals surface area contributed by atoms with Gasteiger partial charge in [0.25, 0.3) is 0 Å². The van der Waals surface area contributed by atoms with Gasteiger partial charge in [0.05, 0.1) is 10.7 Å². The molecule has 0 aliphatic carbocycles. The zero-order chi connectivity index (χ0) is 17.1. The third-order valence-corrected chi connectivity index (χ3v) is 3.36. The lowest BCUT2D eigenvalue weighted by Gasteiger charge is -2.33. The quantitative estimate of drug-likeness (QED) is 0.804. The van der Waals surface area contributed by atoms with Gasteiger partial charge in [0.1, 0.15) is 0 Å². The smallest absolute Gasteiger partial charge is 0.313 e. The molecular weight excluding hydrogens is 323 g/mol. The lowest BCUT2D eigenvalue weighted by atomic mass is 9.82. The number of nitrogens with one attached hydrogen (secondary N) is 2. The fourth-order valence-electron chi connectivity index (χ4n) is 2.50. The van der Waals surface area contributed by atoms with Gasteiger partial charge in [-0.1, -0.05) is 44.0 Å². The highest BCUT2D eigenvalue weighted by Crippen LogP contribution is 2.27. The molecule has 1 aromatic rings. The standard InChI is InChI=1S/C16H22Cl2N2O2/c1-15(2,3)9-16(4,5)20-14(22)13(21)19-12-7-6-10(17)8-11(12)18/h6-8H,9H2,1-5H3,(H,19,21)(H,20,22). The van der Waals surface area contributed by atoms with E-state index >= 15 is 0 Å². The van der Waals surface area contributed by atoms with Crippen LogP contribution in [0.3, 0.4) is 0 Å². The SMILES string of the molecule is CC(C)(C)CC(C)(C)NC(=O)C(=O)Nc1ccc(Cl)cc1Cl. The number of benzene rings is 1. The average Bonchev–Trinajstić information content (AvgIpc) is 2.28. The summed E-state index contributed by atoms with van der Waals surface area (Å²) in [6, 6.07) is 4.64. The number of carbonyl (C=O) groups excluding carboxylic acids is 2. The third kappa shape index (κ3) is 6.24. The first-order chi connectivity index (χ1) is 9.89. The summed E-state index contributed by atoms with van der Waals surface area (Å²) in [7, 11) is 0. The summed E-state index contributed by atoms with van der Waals surface area (Å²) in [5, 5.41) is 5.96. The highest BCUT2D eigenvalue weighted by atomic mass is 35.5. The Kier molecular flexibility index (Phi) is 5.88. The number of hydrogen-bond donors (Lipinski definition) is 2. The molecule has 22 heavy (non-hydrogen) atoms. The molecule has 2 amide bonds. The summed E-state index contributed by atoms with van der Waals surface area (Å²) in [5.41, 5.74) is -0.108. The van der Waals surface area contributed by atoms with Crippen molar-refractivity contribution in [3.05, 3.63) is 28.2 Å². The van der Waals surface area contributed by atoms with E-state index in [0.717, 1.165) is 6.42 Å². The molecule has 0 heterocycles. The monoisotopic (exact) mass is 344 g/mol. The predicted molar refractivity (Wildman–Crippen MR) is 91.4 cm³/mol. The number of rotatable bonds is 3. The van der Waals surface area contributed by atoms with Crippen LogP contribution in [0, 0.1) is 5.41 Å². The van der Waals surface area contributed by atoms with Crippen molar-refractivity contribution < 1.29 is 9.59 Å². The maximum Gasteiger partial charge on any atom is 0.313 e. The van der Waals surface area contributed by atoms with Crippen molar-refractivity contribution >= 4 is 40.7 Å². The summed E-state index contributed by atoms with van der Waals surface area (Å²) in [5.74, 6) is -1.45. The van der Waals surface area contributed by atoms with Crippen LogP contribution in [0.1, 0.15) is 41.0 Å². The van der Waals surface area contributed by atoms with E-state index in [1.54, 1.807) is 12.1 Å². The van der Waals surface area contributed by atoms with Crippen LogP contribution in [-0.4, -0.2) is 17.4 Å². The van der Waals surface area contributed by atoms with Gasteiger partial charge < -0.3 is 10.6 Å². The molecule has 0 aliphatic rings. The maximum atomic E-state index is 12.0. The van der Waals surface area contributed by atoms with Crippen molar-refractivity contribution in [2.24, 2.45) is 5.41 Å². The average molecular weight is 345 g/mol. The number of hydrogen-bond acceptors (Lipinski definition) is 2. The van der Waals surface area contributed by atoms with Gasteiger partial charge in [-0.25, -0.2) is 0 Å². The first-order valence-corrected chi connectivity index (χ1v) is 7.74. The summed E-state index contributed by atoms with van der Waals surface area (Å²) >= 11 is 11.8. The molecule has 0 bridgehead atoms. The molecule has 0 atom stereocenters. The number of amides is 2. The topological polar surface area (TPSA) is 58.2 Å².